The highest BCUT2D eigenvalue weighted by Crippen LogP contribution is 2.30. The molecule has 0 amide bonds. The van der Waals surface area contributed by atoms with Gasteiger partial charge in [-0.3, -0.25) is 4.90 Å². The molecule has 2 rings (SSSR count). The number of hydrogen-bond acceptors (Lipinski definition) is 2. The number of nitrogens with zero attached hydrogens (tertiary/aromatic N) is 1. The molecular weight excluding hydrogens is 240 g/mol. The van der Waals surface area contributed by atoms with Crippen molar-refractivity contribution in [3.05, 3.63) is 35.4 Å². The lowest BCUT2D eigenvalue weighted by atomic mass is 10.1. The maximum atomic E-state index is 5.79. The van der Waals surface area contributed by atoms with Crippen LogP contribution in [0.2, 0.25) is 0 Å². The first-order valence-corrected chi connectivity index (χ1v) is 7.21. The summed E-state index contributed by atoms with van der Waals surface area (Å²) >= 11 is 5.13. The van der Waals surface area contributed by atoms with Gasteiger partial charge in [-0.2, -0.15) is 0 Å². The van der Waals surface area contributed by atoms with Crippen LogP contribution in [0.25, 0.3) is 0 Å². The van der Waals surface area contributed by atoms with Crippen LogP contribution < -0.4 is 5.73 Å². The first-order valence-electron chi connectivity index (χ1n) is 6.80. The fourth-order valence-corrected chi connectivity index (χ4v) is 2.56. The molecule has 0 radical (unpaired) electrons. The van der Waals surface area contributed by atoms with Crippen molar-refractivity contribution >= 4 is 17.2 Å². The van der Waals surface area contributed by atoms with Crippen LogP contribution in [-0.2, 0) is 6.54 Å². The summed E-state index contributed by atoms with van der Waals surface area (Å²) < 4.78 is 0. The number of rotatable bonds is 7. The third-order valence-electron chi connectivity index (χ3n) is 3.43. The van der Waals surface area contributed by atoms with Crippen LogP contribution >= 0.6 is 12.2 Å². The molecular formula is C15H22N2S. The van der Waals surface area contributed by atoms with Gasteiger partial charge in [0.25, 0.3) is 0 Å². The topological polar surface area (TPSA) is 29.3 Å². The molecule has 2 N–H and O–H groups in total. The summed E-state index contributed by atoms with van der Waals surface area (Å²) in [5, 5.41) is 0. The van der Waals surface area contributed by atoms with Crippen LogP contribution in [0.4, 0.5) is 0 Å². The van der Waals surface area contributed by atoms with Crippen molar-refractivity contribution < 1.29 is 0 Å². The average molecular weight is 262 g/mol. The zero-order chi connectivity index (χ0) is 13.0. The second kappa shape index (κ2) is 6.30. The van der Waals surface area contributed by atoms with Crippen molar-refractivity contribution in [2.24, 2.45) is 11.7 Å². The average Bonchev–Trinajstić information content (AvgIpc) is 3.13. The Morgan fingerprint density at radius 2 is 2.11 bits per heavy atom. The Hall–Kier alpha value is -0.930. The maximum Gasteiger partial charge on any atom is 0.104 e. The van der Waals surface area contributed by atoms with E-state index in [2.05, 4.69) is 24.0 Å². The molecule has 0 saturated heterocycles. The van der Waals surface area contributed by atoms with Gasteiger partial charge in [-0.25, -0.2) is 0 Å². The Labute approximate surface area is 115 Å². The molecule has 1 aliphatic rings. The zero-order valence-electron chi connectivity index (χ0n) is 11.1. The van der Waals surface area contributed by atoms with Gasteiger partial charge >= 0.3 is 0 Å². The smallest absolute Gasteiger partial charge is 0.104 e. The molecule has 1 aromatic rings. The third-order valence-corrected chi connectivity index (χ3v) is 3.65. The van der Waals surface area contributed by atoms with Crippen LogP contribution in [0.3, 0.4) is 0 Å². The van der Waals surface area contributed by atoms with Crippen LogP contribution in [0.5, 0.6) is 0 Å². The van der Waals surface area contributed by atoms with Gasteiger partial charge in [0.2, 0.25) is 0 Å². The quantitative estimate of drug-likeness (QED) is 0.766. The predicted octanol–water partition coefficient (Wildman–Crippen LogP) is 2.94. The van der Waals surface area contributed by atoms with E-state index < -0.39 is 0 Å². The second-order valence-electron chi connectivity index (χ2n) is 5.20. The zero-order valence-corrected chi connectivity index (χ0v) is 11.9. The van der Waals surface area contributed by atoms with Crippen molar-refractivity contribution in [3.8, 4) is 0 Å². The lowest BCUT2D eigenvalue weighted by Gasteiger charge is -2.22. The van der Waals surface area contributed by atoms with Crippen molar-refractivity contribution in [2.45, 2.75) is 32.7 Å². The SMILES string of the molecule is CCCN(Cc1ccccc1C(N)=S)CC1CC1. The first kappa shape index (κ1) is 13.5. The molecule has 2 nitrogen and oxygen atoms in total. The molecule has 1 fully saturated rings. The van der Waals surface area contributed by atoms with Gasteiger partial charge in [0.15, 0.2) is 0 Å². The van der Waals surface area contributed by atoms with E-state index in [0.29, 0.717) is 4.99 Å². The Balaban J connectivity index is 2.06. The Kier molecular flexibility index (Phi) is 4.72. The van der Waals surface area contributed by atoms with E-state index in [1.165, 1.54) is 31.4 Å². The number of thiocarbonyl (C=S) groups is 1. The minimum Gasteiger partial charge on any atom is -0.389 e. The molecule has 0 aromatic heterocycles. The van der Waals surface area contributed by atoms with Gasteiger partial charge in [0.1, 0.15) is 4.99 Å². The van der Waals surface area contributed by atoms with E-state index >= 15 is 0 Å². The molecule has 0 spiro atoms. The normalized spacial score (nSPS) is 15.0. The third kappa shape index (κ3) is 3.79. The largest absolute Gasteiger partial charge is 0.389 e. The van der Waals surface area contributed by atoms with Gasteiger partial charge in [-0.05, 0) is 37.3 Å². The highest BCUT2D eigenvalue weighted by atomic mass is 32.1. The molecule has 3 heteroatoms. The van der Waals surface area contributed by atoms with Gasteiger partial charge < -0.3 is 5.73 Å². The van der Waals surface area contributed by atoms with Gasteiger partial charge in [-0.1, -0.05) is 43.4 Å². The molecule has 0 heterocycles. The fourth-order valence-electron chi connectivity index (χ4n) is 2.36. The minimum absolute atomic E-state index is 0.508. The summed E-state index contributed by atoms with van der Waals surface area (Å²) in [6.45, 7) is 5.58. The lowest BCUT2D eigenvalue weighted by molar-refractivity contribution is 0.255. The summed E-state index contributed by atoms with van der Waals surface area (Å²) in [7, 11) is 0. The van der Waals surface area contributed by atoms with Crippen molar-refractivity contribution in [3.63, 3.8) is 0 Å². The van der Waals surface area contributed by atoms with Gasteiger partial charge in [0, 0.05) is 18.7 Å². The van der Waals surface area contributed by atoms with E-state index in [0.717, 1.165) is 24.6 Å². The monoisotopic (exact) mass is 262 g/mol. The summed E-state index contributed by atoms with van der Waals surface area (Å²) in [6.07, 6.45) is 4.00. The van der Waals surface area contributed by atoms with E-state index in [4.69, 9.17) is 18.0 Å². The Morgan fingerprint density at radius 1 is 1.39 bits per heavy atom. The number of hydrogen-bond donors (Lipinski definition) is 1. The van der Waals surface area contributed by atoms with Gasteiger partial charge in [0.05, 0.1) is 0 Å². The molecule has 0 aliphatic heterocycles. The van der Waals surface area contributed by atoms with Crippen LogP contribution in [0.1, 0.15) is 37.3 Å². The van der Waals surface area contributed by atoms with E-state index in [1.54, 1.807) is 0 Å². The molecule has 0 unspecified atom stereocenters. The molecule has 1 aromatic carbocycles. The molecule has 0 atom stereocenters. The minimum atomic E-state index is 0.508. The van der Waals surface area contributed by atoms with Crippen LogP contribution in [-0.4, -0.2) is 23.0 Å². The molecule has 1 saturated carbocycles. The summed E-state index contributed by atoms with van der Waals surface area (Å²) in [4.78, 5) is 3.04. The highest BCUT2D eigenvalue weighted by molar-refractivity contribution is 7.80. The van der Waals surface area contributed by atoms with Crippen molar-refractivity contribution in [1.29, 1.82) is 0 Å². The number of nitrogens with two attached hydrogens (primary N) is 1. The fraction of sp³-hybridized carbons (Fsp3) is 0.533. The lowest BCUT2D eigenvalue weighted by Crippen LogP contribution is -2.27. The second-order valence-corrected chi connectivity index (χ2v) is 5.64. The standard InChI is InChI=1S/C15H22N2S/c1-2-9-17(10-12-7-8-12)11-13-5-3-4-6-14(13)15(16)18/h3-6,12H,2,7-11H2,1H3,(H2,16,18). The summed E-state index contributed by atoms with van der Waals surface area (Å²) in [6, 6.07) is 8.24. The van der Waals surface area contributed by atoms with Crippen molar-refractivity contribution in [2.75, 3.05) is 13.1 Å². The molecule has 0 bridgehead atoms. The summed E-state index contributed by atoms with van der Waals surface area (Å²) in [5.74, 6) is 0.925. The van der Waals surface area contributed by atoms with Crippen LogP contribution in [0.15, 0.2) is 24.3 Å². The molecule has 1 aliphatic carbocycles. The Morgan fingerprint density at radius 3 is 2.72 bits per heavy atom. The highest BCUT2D eigenvalue weighted by Gasteiger charge is 2.24. The Bertz CT molecular complexity index is 413. The van der Waals surface area contributed by atoms with E-state index in [-0.39, 0.29) is 0 Å². The van der Waals surface area contributed by atoms with Crippen LogP contribution in [0, 0.1) is 5.92 Å². The first-order chi connectivity index (χ1) is 8.70. The molecule has 98 valence electrons. The van der Waals surface area contributed by atoms with E-state index in [1.807, 2.05) is 12.1 Å². The van der Waals surface area contributed by atoms with Gasteiger partial charge in [-0.15, -0.1) is 0 Å². The van der Waals surface area contributed by atoms with E-state index in [9.17, 15) is 0 Å². The van der Waals surface area contributed by atoms with Crippen molar-refractivity contribution in [1.82, 2.24) is 4.90 Å². The number of benzene rings is 1. The maximum absolute atomic E-state index is 5.79. The summed E-state index contributed by atoms with van der Waals surface area (Å²) in [5.41, 5.74) is 8.09. The predicted molar refractivity (Wildman–Crippen MR) is 80.6 cm³/mol. The molecule has 18 heavy (non-hydrogen) atoms.